The number of hydrogen-bond acceptors (Lipinski definition) is 4. The number of hydrogen-bond donors (Lipinski definition) is 2. The molecule has 34 heavy (non-hydrogen) atoms. The van der Waals surface area contributed by atoms with Crippen LogP contribution in [-0.2, 0) is 20.7 Å². The van der Waals surface area contributed by atoms with Crippen LogP contribution in [0.2, 0.25) is 0 Å². The fraction of sp³-hybridized carbons (Fsp3) is 0.333. The van der Waals surface area contributed by atoms with Crippen molar-refractivity contribution in [2.45, 2.75) is 38.9 Å². The van der Waals surface area contributed by atoms with Gasteiger partial charge in [-0.3, -0.25) is 0 Å². The van der Waals surface area contributed by atoms with Crippen molar-refractivity contribution in [2.75, 3.05) is 26.4 Å². The number of aliphatic hydroxyl groups is 2. The highest BCUT2D eigenvalue weighted by molar-refractivity contribution is 6.08. The molecule has 4 heteroatoms. The van der Waals surface area contributed by atoms with Crippen molar-refractivity contribution in [1.82, 2.24) is 0 Å². The first-order valence-electron chi connectivity index (χ1n) is 11.8. The molecule has 0 aromatic heterocycles. The predicted octanol–water partition coefficient (Wildman–Crippen LogP) is 6.15. The van der Waals surface area contributed by atoms with E-state index < -0.39 is 11.2 Å². The molecule has 0 aliphatic heterocycles. The van der Waals surface area contributed by atoms with Gasteiger partial charge in [0.05, 0.1) is 37.6 Å². The summed E-state index contributed by atoms with van der Waals surface area (Å²) in [5, 5.41) is 23.5. The highest BCUT2D eigenvalue weighted by Gasteiger charge is 2.32. The van der Waals surface area contributed by atoms with E-state index in [0.29, 0.717) is 0 Å². The van der Waals surface area contributed by atoms with Crippen molar-refractivity contribution < 1.29 is 19.7 Å². The number of benzene rings is 4. The molecule has 0 unspecified atom stereocenters. The molecule has 0 radical (unpaired) electrons. The predicted molar refractivity (Wildman–Crippen MR) is 139 cm³/mol. The van der Waals surface area contributed by atoms with E-state index in [2.05, 4.69) is 100 Å². The summed E-state index contributed by atoms with van der Waals surface area (Å²) in [4.78, 5) is 0. The monoisotopic (exact) mass is 458 g/mol. The van der Waals surface area contributed by atoms with Crippen LogP contribution in [0.4, 0.5) is 0 Å². The molecule has 0 heterocycles. The molecule has 0 aliphatic carbocycles. The molecule has 0 saturated heterocycles. The topological polar surface area (TPSA) is 58.9 Å². The minimum absolute atomic E-state index is 0.0338. The van der Waals surface area contributed by atoms with Gasteiger partial charge in [-0.25, -0.2) is 0 Å². The smallest absolute Gasteiger partial charge is 0.0882 e. The summed E-state index contributed by atoms with van der Waals surface area (Å²) in [6, 6.07) is 25.4. The van der Waals surface area contributed by atoms with Gasteiger partial charge in [-0.15, -0.1) is 0 Å². The average Bonchev–Trinajstić information content (AvgIpc) is 2.85. The summed E-state index contributed by atoms with van der Waals surface area (Å²) in [6.07, 6.45) is 0. The van der Waals surface area contributed by atoms with E-state index in [1.54, 1.807) is 0 Å². The van der Waals surface area contributed by atoms with Crippen LogP contribution >= 0.6 is 0 Å². The molecule has 178 valence electrons. The van der Waals surface area contributed by atoms with E-state index in [4.69, 9.17) is 9.47 Å². The van der Waals surface area contributed by atoms with Crippen molar-refractivity contribution in [1.29, 1.82) is 0 Å². The van der Waals surface area contributed by atoms with E-state index in [9.17, 15) is 10.2 Å². The van der Waals surface area contributed by atoms with Crippen molar-refractivity contribution in [3.63, 3.8) is 0 Å². The van der Waals surface area contributed by atoms with Crippen molar-refractivity contribution in [3.8, 4) is 11.1 Å². The summed E-state index contributed by atoms with van der Waals surface area (Å²) in [5.41, 5.74) is 3.05. The zero-order chi connectivity index (χ0) is 24.3. The lowest BCUT2D eigenvalue weighted by molar-refractivity contribution is -0.0377. The SMILES string of the molecule is CC(C)(OCCO)c1ccc2ccccc2c1-c1c(C(C)(C)OCCO)ccc2ccccc12. The van der Waals surface area contributed by atoms with Crippen molar-refractivity contribution in [3.05, 3.63) is 83.9 Å². The molecule has 0 aliphatic rings. The maximum absolute atomic E-state index is 9.45. The number of aliphatic hydroxyl groups excluding tert-OH is 2. The number of ether oxygens (including phenoxy) is 2. The van der Waals surface area contributed by atoms with Crippen LogP contribution in [0.1, 0.15) is 38.8 Å². The Kier molecular flexibility index (Phi) is 7.06. The second-order valence-corrected chi connectivity index (χ2v) is 9.58. The Balaban J connectivity index is 2.13. The third-order valence-electron chi connectivity index (χ3n) is 6.51. The largest absolute Gasteiger partial charge is 0.394 e. The summed E-state index contributed by atoms with van der Waals surface area (Å²) < 4.78 is 12.3. The summed E-state index contributed by atoms with van der Waals surface area (Å²) in [5.74, 6) is 0. The maximum atomic E-state index is 9.45. The quantitative estimate of drug-likeness (QED) is 0.316. The molecule has 2 N–H and O–H groups in total. The summed E-state index contributed by atoms with van der Waals surface area (Å²) in [6.45, 7) is 8.65. The lowest BCUT2D eigenvalue weighted by Crippen LogP contribution is -2.26. The summed E-state index contributed by atoms with van der Waals surface area (Å²) >= 11 is 0. The molecule has 4 nitrogen and oxygen atoms in total. The molecule has 0 atom stereocenters. The van der Waals surface area contributed by atoms with Gasteiger partial charge in [0, 0.05) is 0 Å². The Morgan fingerprint density at radius 1 is 0.559 bits per heavy atom. The number of rotatable bonds is 9. The minimum atomic E-state index is -0.633. The molecule has 4 aromatic rings. The van der Waals surface area contributed by atoms with Crippen LogP contribution in [0.25, 0.3) is 32.7 Å². The van der Waals surface area contributed by atoms with Crippen LogP contribution < -0.4 is 0 Å². The molecule has 0 amide bonds. The first kappa shape index (κ1) is 24.4. The average molecular weight is 459 g/mol. The molecular weight excluding hydrogens is 424 g/mol. The normalized spacial score (nSPS) is 12.5. The Bertz CT molecular complexity index is 1190. The molecule has 0 spiro atoms. The fourth-order valence-corrected chi connectivity index (χ4v) is 4.84. The van der Waals surface area contributed by atoms with Gasteiger partial charge in [0.2, 0.25) is 0 Å². The van der Waals surface area contributed by atoms with Gasteiger partial charge in [-0.2, -0.15) is 0 Å². The van der Waals surface area contributed by atoms with Crippen LogP contribution in [0.15, 0.2) is 72.8 Å². The molecule has 0 saturated carbocycles. The van der Waals surface area contributed by atoms with Gasteiger partial charge in [-0.05, 0) is 71.5 Å². The van der Waals surface area contributed by atoms with E-state index >= 15 is 0 Å². The zero-order valence-electron chi connectivity index (χ0n) is 20.5. The molecule has 0 bridgehead atoms. The third-order valence-corrected chi connectivity index (χ3v) is 6.51. The van der Waals surface area contributed by atoms with Gasteiger partial charge >= 0.3 is 0 Å². The van der Waals surface area contributed by atoms with Crippen molar-refractivity contribution in [2.24, 2.45) is 0 Å². The third kappa shape index (κ3) is 4.59. The van der Waals surface area contributed by atoms with E-state index in [1.165, 1.54) is 0 Å². The lowest BCUT2D eigenvalue weighted by Gasteiger charge is -2.33. The lowest BCUT2D eigenvalue weighted by atomic mass is 9.79. The Morgan fingerprint density at radius 3 is 1.32 bits per heavy atom. The standard InChI is InChI=1S/C30H34O4/c1-29(2,33-19-17-31)25-15-13-21-9-5-7-11-23(21)27(25)28-24-12-8-6-10-22(24)14-16-26(28)30(3,4)34-20-18-32/h5-16,31-32H,17-20H2,1-4H3. The van der Waals surface area contributed by atoms with Gasteiger partial charge in [-0.1, -0.05) is 72.8 Å². The highest BCUT2D eigenvalue weighted by atomic mass is 16.5. The molecular formula is C30H34O4. The second kappa shape index (κ2) is 9.85. The van der Waals surface area contributed by atoms with Crippen molar-refractivity contribution >= 4 is 21.5 Å². The van der Waals surface area contributed by atoms with E-state index in [-0.39, 0.29) is 26.4 Å². The van der Waals surface area contributed by atoms with E-state index in [0.717, 1.165) is 43.8 Å². The Morgan fingerprint density at radius 2 is 0.941 bits per heavy atom. The van der Waals surface area contributed by atoms with Gasteiger partial charge in [0.25, 0.3) is 0 Å². The first-order valence-corrected chi connectivity index (χ1v) is 11.8. The Labute approximate surface area is 201 Å². The van der Waals surface area contributed by atoms with Crippen LogP contribution in [-0.4, -0.2) is 36.6 Å². The summed E-state index contributed by atoms with van der Waals surface area (Å²) in [7, 11) is 0. The molecule has 0 fully saturated rings. The van der Waals surface area contributed by atoms with Gasteiger partial charge in [0.15, 0.2) is 0 Å². The Hall–Kier alpha value is -2.76. The van der Waals surface area contributed by atoms with Crippen LogP contribution in [0.3, 0.4) is 0 Å². The first-order chi connectivity index (χ1) is 16.3. The fourth-order valence-electron chi connectivity index (χ4n) is 4.84. The van der Waals surface area contributed by atoms with Gasteiger partial charge < -0.3 is 19.7 Å². The van der Waals surface area contributed by atoms with Crippen LogP contribution in [0.5, 0.6) is 0 Å². The highest BCUT2D eigenvalue weighted by Crippen LogP contribution is 2.46. The second-order valence-electron chi connectivity index (χ2n) is 9.58. The number of fused-ring (bicyclic) bond motifs is 2. The van der Waals surface area contributed by atoms with Crippen LogP contribution in [0, 0.1) is 0 Å². The minimum Gasteiger partial charge on any atom is -0.394 e. The molecule has 4 rings (SSSR count). The van der Waals surface area contributed by atoms with Gasteiger partial charge in [0.1, 0.15) is 0 Å². The maximum Gasteiger partial charge on any atom is 0.0882 e. The zero-order valence-corrected chi connectivity index (χ0v) is 20.5. The van der Waals surface area contributed by atoms with E-state index in [1.807, 2.05) is 0 Å². The molecule has 4 aromatic carbocycles.